The molecule has 0 saturated carbocycles. The van der Waals surface area contributed by atoms with E-state index in [0.717, 1.165) is 0 Å². The fraction of sp³-hybridized carbons (Fsp3) is 0.455. The van der Waals surface area contributed by atoms with Crippen molar-refractivity contribution in [3.8, 4) is 11.5 Å². The summed E-state index contributed by atoms with van der Waals surface area (Å²) in [7, 11) is 1.88. The first-order chi connectivity index (χ1) is 17.4. The molecule has 36 heavy (non-hydrogen) atoms. The molecule has 0 bridgehead atoms. The first-order valence-corrected chi connectivity index (χ1v) is 11.5. The van der Waals surface area contributed by atoms with Crippen molar-refractivity contribution >= 4 is 28.7 Å². The minimum atomic E-state index is -1.17. The zero-order valence-corrected chi connectivity index (χ0v) is 19.6. The third kappa shape index (κ3) is 4.83. The van der Waals surface area contributed by atoms with E-state index in [4.69, 9.17) is 19.9 Å². The van der Waals surface area contributed by atoms with Crippen LogP contribution in [0.25, 0.3) is 11.2 Å². The van der Waals surface area contributed by atoms with Gasteiger partial charge >= 0.3 is 6.03 Å². The van der Waals surface area contributed by atoms with Crippen molar-refractivity contribution in [3.05, 3.63) is 30.9 Å². The van der Waals surface area contributed by atoms with Crippen LogP contribution in [0, 0.1) is 0 Å². The van der Waals surface area contributed by atoms with Gasteiger partial charge in [-0.2, -0.15) is 0 Å². The van der Waals surface area contributed by atoms with E-state index in [2.05, 4.69) is 25.6 Å². The van der Waals surface area contributed by atoms with E-state index in [0.29, 0.717) is 54.4 Å². The summed E-state index contributed by atoms with van der Waals surface area (Å²) in [5, 5.41) is 26.7. The molecule has 0 spiro atoms. The highest BCUT2D eigenvalue weighted by Gasteiger charge is 2.44. The molecule has 1 aromatic carbocycles. The number of rotatable bonds is 8. The molecule has 2 aromatic heterocycles. The van der Waals surface area contributed by atoms with Crippen molar-refractivity contribution in [1.29, 1.82) is 0 Å². The van der Waals surface area contributed by atoms with Crippen molar-refractivity contribution in [1.82, 2.24) is 29.7 Å². The van der Waals surface area contributed by atoms with E-state index in [1.54, 1.807) is 22.8 Å². The lowest BCUT2D eigenvalue weighted by Crippen LogP contribution is -2.39. The van der Waals surface area contributed by atoms with Crippen molar-refractivity contribution < 1.29 is 29.2 Å². The van der Waals surface area contributed by atoms with Gasteiger partial charge in [0.05, 0.1) is 6.33 Å². The molecule has 1 fully saturated rings. The molecule has 0 unspecified atom stereocenters. The number of nitrogens with zero attached hydrogens (tertiary/aromatic N) is 5. The third-order valence-electron chi connectivity index (χ3n) is 6.12. The maximum absolute atomic E-state index is 12.2. The van der Waals surface area contributed by atoms with Crippen molar-refractivity contribution in [2.75, 3.05) is 44.5 Å². The Bertz CT molecular complexity index is 1240. The van der Waals surface area contributed by atoms with Gasteiger partial charge in [-0.15, -0.1) is 0 Å². The summed E-state index contributed by atoms with van der Waals surface area (Å²) in [5.74, 6) is 1.47. The van der Waals surface area contributed by atoms with E-state index in [1.807, 2.05) is 11.9 Å². The number of nitrogen functional groups attached to an aromatic ring is 1. The van der Waals surface area contributed by atoms with Gasteiger partial charge in [0.25, 0.3) is 0 Å². The number of likely N-dealkylation sites (N-methyl/N-ethyl adjacent to an activating group) is 1. The van der Waals surface area contributed by atoms with Gasteiger partial charge in [-0.3, -0.25) is 4.57 Å². The Kier molecular flexibility index (Phi) is 6.73. The number of carbonyl (C=O) groups excluding carboxylic acids is 1. The molecule has 2 amide bonds. The van der Waals surface area contributed by atoms with Crippen LogP contribution in [0.3, 0.4) is 0 Å². The van der Waals surface area contributed by atoms with Gasteiger partial charge in [0.2, 0.25) is 6.79 Å². The summed E-state index contributed by atoms with van der Waals surface area (Å²) in [6.07, 6.45) is -0.320. The molecule has 4 heterocycles. The average Bonchev–Trinajstić information content (AvgIpc) is 3.56. The first kappa shape index (κ1) is 24.0. The topological polar surface area (TPSA) is 182 Å². The molecular formula is C22H28N8O6. The zero-order valence-electron chi connectivity index (χ0n) is 19.6. The van der Waals surface area contributed by atoms with Crippen LogP contribution in [0.4, 0.5) is 16.3 Å². The van der Waals surface area contributed by atoms with Crippen LogP contribution >= 0.6 is 0 Å². The molecular weight excluding hydrogens is 472 g/mol. The maximum Gasteiger partial charge on any atom is 0.319 e. The van der Waals surface area contributed by atoms with Crippen molar-refractivity contribution in [2.45, 2.75) is 31.0 Å². The molecule has 14 nitrogen and oxygen atoms in total. The summed E-state index contributed by atoms with van der Waals surface area (Å²) in [5.41, 5.74) is 7.25. The van der Waals surface area contributed by atoms with E-state index in [1.165, 1.54) is 12.7 Å². The summed E-state index contributed by atoms with van der Waals surface area (Å²) in [4.78, 5) is 26.4. The summed E-state index contributed by atoms with van der Waals surface area (Å²) in [6, 6.07) is 4.86. The Hall–Kier alpha value is -3.72. The van der Waals surface area contributed by atoms with E-state index in [9.17, 15) is 15.0 Å². The summed E-state index contributed by atoms with van der Waals surface area (Å²) < 4.78 is 18.1. The SMILES string of the molecule is CN(CCCNC(=O)Nc1ccc2c(c1)OCO2)C[C@H]1O[C@@H](n2cnc3c(N)ncnc32)[C@H](O)[C@H]1O. The number of aliphatic hydroxyl groups is 2. The van der Waals surface area contributed by atoms with Crippen LogP contribution in [-0.4, -0.2) is 92.4 Å². The number of nitrogens with one attached hydrogen (secondary N) is 2. The number of carbonyl (C=O) groups is 1. The Morgan fingerprint density at radius 1 is 1.22 bits per heavy atom. The zero-order chi connectivity index (χ0) is 25.2. The fourth-order valence-corrected chi connectivity index (χ4v) is 4.27. The smallest absolute Gasteiger partial charge is 0.319 e. The number of aliphatic hydroxyl groups excluding tert-OH is 2. The molecule has 2 aliphatic rings. The lowest BCUT2D eigenvalue weighted by Gasteiger charge is -2.22. The van der Waals surface area contributed by atoms with E-state index in [-0.39, 0.29) is 18.6 Å². The number of benzene rings is 1. The Morgan fingerprint density at radius 3 is 2.92 bits per heavy atom. The normalized spacial score (nSPS) is 22.9. The van der Waals surface area contributed by atoms with Crippen LogP contribution < -0.4 is 25.8 Å². The lowest BCUT2D eigenvalue weighted by atomic mass is 10.1. The molecule has 2 aliphatic heterocycles. The van der Waals surface area contributed by atoms with E-state index >= 15 is 0 Å². The van der Waals surface area contributed by atoms with E-state index < -0.39 is 24.5 Å². The van der Waals surface area contributed by atoms with Gasteiger partial charge in [0.15, 0.2) is 29.2 Å². The summed E-state index contributed by atoms with van der Waals surface area (Å²) in [6.45, 7) is 1.63. The molecule has 3 aromatic rings. The highest BCUT2D eigenvalue weighted by Crippen LogP contribution is 2.34. The monoisotopic (exact) mass is 500 g/mol. The second-order valence-corrected chi connectivity index (χ2v) is 8.69. The van der Waals surface area contributed by atoms with Gasteiger partial charge in [0, 0.05) is 24.8 Å². The highest BCUT2D eigenvalue weighted by atomic mass is 16.7. The number of urea groups is 1. The van der Waals surface area contributed by atoms with Gasteiger partial charge < -0.3 is 45.7 Å². The number of aromatic nitrogens is 4. The van der Waals surface area contributed by atoms with Gasteiger partial charge in [0.1, 0.15) is 30.2 Å². The fourth-order valence-electron chi connectivity index (χ4n) is 4.27. The molecule has 5 rings (SSSR count). The average molecular weight is 501 g/mol. The Morgan fingerprint density at radius 2 is 2.06 bits per heavy atom. The van der Waals surface area contributed by atoms with Gasteiger partial charge in [-0.1, -0.05) is 0 Å². The molecule has 4 atom stereocenters. The number of fused-ring (bicyclic) bond motifs is 2. The third-order valence-corrected chi connectivity index (χ3v) is 6.12. The van der Waals surface area contributed by atoms with Gasteiger partial charge in [-0.25, -0.2) is 19.7 Å². The number of hydrogen-bond acceptors (Lipinski definition) is 11. The van der Waals surface area contributed by atoms with Crippen LogP contribution in [0.5, 0.6) is 11.5 Å². The number of amides is 2. The molecule has 14 heteroatoms. The van der Waals surface area contributed by atoms with Gasteiger partial charge in [-0.05, 0) is 32.1 Å². The van der Waals surface area contributed by atoms with Crippen molar-refractivity contribution in [3.63, 3.8) is 0 Å². The Labute approximate surface area is 206 Å². The molecule has 192 valence electrons. The van der Waals surface area contributed by atoms with Crippen molar-refractivity contribution in [2.24, 2.45) is 0 Å². The van der Waals surface area contributed by atoms with Crippen LogP contribution in [-0.2, 0) is 4.74 Å². The predicted molar refractivity (Wildman–Crippen MR) is 127 cm³/mol. The quantitative estimate of drug-likeness (QED) is 0.260. The number of nitrogens with two attached hydrogens (primary N) is 1. The second-order valence-electron chi connectivity index (χ2n) is 8.69. The molecule has 0 radical (unpaired) electrons. The maximum atomic E-state index is 12.2. The number of ether oxygens (including phenoxy) is 3. The first-order valence-electron chi connectivity index (χ1n) is 11.5. The standard InChI is InChI=1S/C22H28N8O6/c1-29(6-2-5-24-22(33)28-12-3-4-13-14(7-12)35-11-34-13)8-15-17(31)18(32)21(36-15)30-10-27-16-19(23)25-9-26-20(16)30/h3-4,7,9-10,15,17-18,21,31-32H,2,5-6,8,11H2,1H3,(H2,23,25,26)(H2,24,28,33)/t15-,17+,18-,21-/m1/s1. The number of anilines is 2. The minimum Gasteiger partial charge on any atom is -0.454 e. The molecule has 6 N–H and O–H groups in total. The van der Waals surface area contributed by atoms with Crippen LogP contribution in [0.15, 0.2) is 30.9 Å². The highest BCUT2D eigenvalue weighted by molar-refractivity contribution is 5.89. The largest absolute Gasteiger partial charge is 0.454 e. The molecule has 1 saturated heterocycles. The second kappa shape index (κ2) is 10.1. The molecule has 0 aliphatic carbocycles. The minimum absolute atomic E-state index is 0.172. The van der Waals surface area contributed by atoms with Crippen LogP contribution in [0.1, 0.15) is 12.6 Å². The number of imidazole rings is 1. The Balaban J connectivity index is 1.07. The lowest BCUT2D eigenvalue weighted by molar-refractivity contribution is -0.0421. The van der Waals surface area contributed by atoms with Crippen LogP contribution in [0.2, 0.25) is 0 Å². The number of hydrogen-bond donors (Lipinski definition) is 5. The predicted octanol–water partition coefficient (Wildman–Crippen LogP) is -0.1000. The summed E-state index contributed by atoms with van der Waals surface area (Å²) >= 11 is 0.